The van der Waals surface area contributed by atoms with Crippen molar-refractivity contribution in [2.24, 2.45) is 0 Å². The second-order valence-corrected chi connectivity index (χ2v) is 5.61. The molecule has 2 rings (SSSR count). The molecular formula is C16H24N2O2. The van der Waals surface area contributed by atoms with Gasteiger partial charge in [-0.3, -0.25) is 4.79 Å². The van der Waals surface area contributed by atoms with Crippen LogP contribution in [0.1, 0.15) is 31.4 Å². The zero-order valence-corrected chi connectivity index (χ0v) is 12.3. The average Bonchev–Trinajstić information content (AvgIpc) is 2.46. The molecule has 0 saturated carbocycles. The molecule has 1 heterocycles. The zero-order valence-electron chi connectivity index (χ0n) is 12.3. The number of nitrogens with zero attached hydrogens (tertiary/aromatic N) is 1. The minimum absolute atomic E-state index is 0.122. The van der Waals surface area contributed by atoms with E-state index in [4.69, 9.17) is 5.11 Å². The van der Waals surface area contributed by atoms with Crippen molar-refractivity contribution in [2.45, 2.75) is 45.3 Å². The van der Waals surface area contributed by atoms with E-state index >= 15 is 0 Å². The Morgan fingerprint density at radius 3 is 2.75 bits per heavy atom. The number of benzene rings is 1. The van der Waals surface area contributed by atoms with Gasteiger partial charge in [-0.25, -0.2) is 0 Å². The van der Waals surface area contributed by atoms with Crippen molar-refractivity contribution in [3.63, 3.8) is 0 Å². The highest BCUT2D eigenvalue weighted by Gasteiger charge is 2.28. The number of carbonyl (C=O) groups is 1. The van der Waals surface area contributed by atoms with Crippen molar-refractivity contribution in [2.75, 3.05) is 13.2 Å². The van der Waals surface area contributed by atoms with E-state index in [0.717, 1.165) is 13.0 Å². The maximum absolute atomic E-state index is 12.6. The number of fused-ring (bicyclic) bond motifs is 1. The Bertz CT molecular complexity index is 460. The van der Waals surface area contributed by atoms with Crippen molar-refractivity contribution >= 4 is 5.91 Å². The molecule has 0 radical (unpaired) electrons. The van der Waals surface area contributed by atoms with E-state index in [0.29, 0.717) is 13.0 Å². The van der Waals surface area contributed by atoms with Crippen LogP contribution < -0.4 is 5.32 Å². The summed E-state index contributed by atoms with van der Waals surface area (Å²) in [4.78, 5) is 14.5. The molecular weight excluding hydrogens is 252 g/mol. The molecule has 2 N–H and O–H groups in total. The molecule has 0 spiro atoms. The van der Waals surface area contributed by atoms with Gasteiger partial charge < -0.3 is 15.3 Å². The van der Waals surface area contributed by atoms with Crippen LogP contribution in [0.25, 0.3) is 0 Å². The average molecular weight is 276 g/mol. The second kappa shape index (κ2) is 6.86. The standard InChI is InChI=1S/C16H24N2O2/c1-12(2)18(8-5-9-19)16(20)15-10-13-6-3-4-7-14(13)11-17-15/h3-4,6-7,12,15,17,19H,5,8-11H2,1-2H3. The van der Waals surface area contributed by atoms with Crippen molar-refractivity contribution in [1.29, 1.82) is 0 Å². The highest BCUT2D eigenvalue weighted by molar-refractivity contribution is 5.82. The summed E-state index contributed by atoms with van der Waals surface area (Å²) in [6.07, 6.45) is 1.38. The first kappa shape index (κ1) is 15.0. The van der Waals surface area contributed by atoms with Crippen LogP contribution in [-0.4, -0.2) is 41.1 Å². The number of carbonyl (C=O) groups excluding carboxylic acids is 1. The number of hydrogen-bond donors (Lipinski definition) is 2. The number of amides is 1. The highest BCUT2D eigenvalue weighted by Crippen LogP contribution is 2.18. The number of aliphatic hydroxyl groups is 1. The molecule has 1 aliphatic heterocycles. The summed E-state index contributed by atoms with van der Waals surface area (Å²) in [7, 11) is 0. The first-order chi connectivity index (χ1) is 9.63. The third kappa shape index (κ3) is 3.38. The molecule has 0 aromatic heterocycles. The van der Waals surface area contributed by atoms with E-state index in [1.807, 2.05) is 30.9 Å². The van der Waals surface area contributed by atoms with Crippen LogP contribution in [-0.2, 0) is 17.8 Å². The van der Waals surface area contributed by atoms with E-state index in [1.165, 1.54) is 11.1 Å². The lowest BCUT2D eigenvalue weighted by Crippen LogP contribution is -2.51. The Morgan fingerprint density at radius 2 is 2.10 bits per heavy atom. The molecule has 1 unspecified atom stereocenters. The summed E-state index contributed by atoms with van der Waals surface area (Å²) in [5.74, 6) is 0.142. The molecule has 0 fully saturated rings. The molecule has 1 aliphatic rings. The molecule has 0 saturated heterocycles. The Kier molecular flexibility index (Phi) is 5.15. The van der Waals surface area contributed by atoms with Gasteiger partial charge in [-0.05, 0) is 37.8 Å². The Hall–Kier alpha value is -1.39. The van der Waals surface area contributed by atoms with Crippen molar-refractivity contribution in [3.05, 3.63) is 35.4 Å². The lowest BCUT2D eigenvalue weighted by atomic mass is 9.95. The zero-order chi connectivity index (χ0) is 14.5. The number of rotatable bonds is 5. The van der Waals surface area contributed by atoms with Gasteiger partial charge in [0.05, 0.1) is 6.04 Å². The van der Waals surface area contributed by atoms with Gasteiger partial charge in [0.2, 0.25) is 5.91 Å². The Morgan fingerprint density at radius 1 is 1.40 bits per heavy atom. The molecule has 4 nitrogen and oxygen atoms in total. The maximum atomic E-state index is 12.6. The second-order valence-electron chi connectivity index (χ2n) is 5.61. The summed E-state index contributed by atoms with van der Waals surface area (Å²) in [5.41, 5.74) is 2.54. The molecule has 1 atom stereocenters. The van der Waals surface area contributed by atoms with Gasteiger partial charge in [-0.1, -0.05) is 24.3 Å². The number of nitrogens with one attached hydrogen (secondary N) is 1. The lowest BCUT2D eigenvalue weighted by Gasteiger charge is -2.33. The third-order valence-electron chi connectivity index (χ3n) is 3.84. The van der Waals surface area contributed by atoms with Crippen LogP contribution in [0.3, 0.4) is 0 Å². The van der Waals surface area contributed by atoms with E-state index in [2.05, 4.69) is 17.4 Å². The van der Waals surface area contributed by atoms with Gasteiger partial charge in [-0.15, -0.1) is 0 Å². The van der Waals surface area contributed by atoms with Crippen molar-refractivity contribution in [1.82, 2.24) is 10.2 Å². The largest absolute Gasteiger partial charge is 0.396 e. The number of hydrogen-bond acceptors (Lipinski definition) is 3. The van der Waals surface area contributed by atoms with Crippen LogP contribution in [0.2, 0.25) is 0 Å². The fourth-order valence-corrected chi connectivity index (χ4v) is 2.69. The first-order valence-electron chi connectivity index (χ1n) is 7.35. The minimum Gasteiger partial charge on any atom is -0.396 e. The van der Waals surface area contributed by atoms with Gasteiger partial charge in [0.1, 0.15) is 0 Å². The normalized spacial score (nSPS) is 17.9. The van der Waals surface area contributed by atoms with Crippen LogP contribution in [0.15, 0.2) is 24.3 Å². The molecule has 0 aliphatic carbocycles. The van der Waals surface area contributed by atoms with Crippen LogP contribution >= 0.6 is 0 Å². The topological polar surface area (TPSA) is 52.6 Å². The van der Waals surface area contributed by atoms with Gasteiger partial charge >= 0.3 is 0 Å². The van der Waals surface area contributed by atoms with Crippen LogP contribution in [0.4, 0.5) is 0 Å². The summed E-state index contributed by atoms with van der Waals surface area (Å²) in [6.45, 7) is 5.53. The molecule has 20 heavy (non-hydrogen) atoms. The van der Waals surface area contributed by atoms with E-state index < -0.39 is 0 Å². The SMILES string of the molecule is CC(C)N(CCCO)C(=O)C1Cc2ccccc2CN1. The van der Waals surface area contributed by atoms with Crippen LogP contribution in [0.5, 0.6) is 0 Å². The smallest absolute Gasteiger partial charge is 0.240 e. The molecule has 110 valence electrons. The van der Waals surface area contributed by atoms with Gasteiger partial charge in [-0.2, -0.15) is 0 Å². The highest BCUT2D eigenvalue weighted by atomic mass is 16.3. The van der Waals surface area contributed by atoms with E-state index in [1.54, 1.807) is 0 Å². The minimum atomic E-state index is -0.147. The monoisotopic (exact) mass is 276 g/mol. The van der Waals surface area contributed by atoms with Gasteiger partial charge in [0, 0.05) is 25.7 Å². The maximum Gasteiger partial charge on any atom is 0.240 e. The van der Waals surface area contributed by atoms with Gasteiger partial charge in [0.25, 0.3) is 0 Å². The van der Waals surface area contributed by atoms with Gasteiger partial charge in [0.15, 0.2) is 0 Å². The van der Waals surface area contributed by atoms with Crippen molar-refractivity contribution in [3.8, 4) is 0 Å². The first-order valence-corrected chi connectivity index (χ1v) is 7.35. The fourth-order valence-electron chi connectivity index (χ4n) is 2.69. The Labute approximate surface area is 120 Å². The lowest BCUT2D eigenvalue weighted by molar-refractivity contribution is -0.135. The van der Waals surface area contributed by atoms with E-state index in [9.17, 15) is 4.79 Å². The van der Waals surface area contributed by atoms with E-state index in [-0.39, 0.29) is 24.6 Å². The molecule has 1 amide bonds. The molecule has 1 aromatic carbocycles. The summed E-state index contributed by atoms with van der Waals surface area (Å²) in [6, 6.07) is 8.28. The quantitative estimate of drug-likeness (QED) is 0.853. The fraction of sp³-hybridized carbons (Fsp3) is 0.562. The summed E-state index contributed by atoms with van der Waals surface area (Å²) >= 11 is 0. The van der Waals surface area contributed by atoms with Crippen LogP contribution in [0, 0.1) is 0 Å². The molecule has 1 aromatic rings. The predicted molar refractivity (Wildman–Crippen MR) is 79.3 cm³/mol. The Balaban J connectivity index is 2.06. The predicted octanol–water partition coefficient (Wildman–Crippen LogP) is 1.32. The summed E-state index contributed by atoms with van der Waals surface area (Å²) < 4.78 is 0. The third-order valence-corrected chi connectivity index (χ3v) is 3.84. The van der Waals surface area contributed by atoms with Crippen molar-refractivity contribution < 1.29 is 9.90 Å². The molecule has 4 heteroatoms. The summed E-state index contributed by atoms with van der Waals surface area (Å²) in [5, 5.41) is 12.3. The number of aliphatic hydroxyl groups excluding tert-OH is 1. The molecule has 0 bridgehead atoms.